The van der Waals surface area contributed by atoms with Crippen molar-refractivity contribution in [3.05, 3.63) is 46.5 Å². The molecule has 9 nitrogen and oxygen atoms in total. The van der Waals surface area contributed by atoms with Gasteiger partial charge in [-0.25, -0.2) is 14.2 Å². The number of benzene rings is 1. The topological polar surface area (TPSA) is 99.9 Å². The largest absolute Gasteiger partial charge is 0.419 e. The Morgan fingerprint density at radius 3 is 2.76 bits per heavy atom. The number of aliphatic hydroxyl groups is 1. The first-order valence-electron chi connectivity index (χ1n) is 10.1. The highest BCUT2D eigenvalue weighted by molar-refractivity contribution is 5.94. The molecule has 0 spiro atoms. The fourth-order valence-corrected chi connectivity index (χ4v) is 3.99. The highest BCUT2D eigenvalue weighted by Crippen LogP contribution is 2.34. The Balaban J connectivity index is 1.60. The SMILES string of the molecule is C[C@@H]1Cc2nn3c(c2CN1C(=O)Nc1ccc(F)c(C(F)(F)F)c1)C(=O)N(C)O[C@H](CO)C3. The zero-order chi connectivity index (χ0) is 24.1. The van der Waals surface area contributed by atoms with Crippen molar-refractivity contribution in [2.75, 3.05) is 19.0 Å². The van der Waals surface area contributed by atoms with E-state index in [1.54, 1.807) is 6.92 Å². The monoisotopic (exact) mass is 471 g/mol. The number of aromatic nitrogens is 2. The van der Waals surface area contributed by atoms with Crippen LogP contribution in [0.15, 0.2) is 18.2 Å². The predicted octanol–water partition coefficient (Wildman–Crippen LogP) is 2.40. The Morgan fingerprint density at radius 2 is 2.09 bits per heavy atom. The molecule has 2 aromatic rings. The summed E-state index contributed by atoms with van der Waals surface area (Å²) in [5.41, 5.74) is -0.367. The zero-order valence-corrected chi connectivity index (χ0v) is 17.7. The molecular weight excluding hydrogens is 450 g/mol. The maximum absolute atomic E-state index is 13.6. The van der Waals surface area contributed by atoms with Crippen LogP contribution in [0.2, 0.25) is 0 Å². The molecule has 0 fully saturated rings. The number of rotatable bonds is 2. The summed E-state index contributed by atoms with van der Waals surface area (Å²) in [7, 11) is 1.41. The van der Waals surface area contributed by atoms with Gasteiger partial charge in [0.25, 0.3) is 5.91 Å². The van der Waals surface area contributed by atoms with Gasteiger partial charge in [0, 0.05) is 30.8 Å². The van der Waals surface area contributed by atoms with Crippen LogP contribution in [0, 0.1) is 5.82 Å². The number of anilines is 1. The van der Waals surface area contributed by atoms with E-state index in [0.717, 1.165) is 11.1 Å². The Hall–Kier alpha value is -3.19. The third-order valence-electron chi connectivity index (χ3n) is 5.64. The molecule has 0 aliphatic carbocycles. The number of halogens is 4. The maximum atomic E-state index is 13.6. The first kappa shape index (κ1) is 23.0. The van der Waals surface area contributed by atoms with Crippen LogP contribution in [0.25, 0.3) is 0 Å². The summed E-state index contributed by atoms with van der Waals surface area (Å²) >= 11 is 0. The number of hydrogen-bond donors (Lipinski definition) is 2. The lowest BCUT2D eigenvalue weighted by atomic mass is 9.99. The van der Waals surface area contributed by atoms with Crippen LogP contribution in [0.1, 0.15) is 34.2 Å². The first-order chi connectivity index (χ1) is 15.5. The van der Waals surface area contributed by atoms with Crippen LogP contribution in [0.3, 0.4) is 0 Å². The Bertz CT molecular complexity index is 1100. The molecule has 4 rings (SSSR count). The fourth-order valence-electron chi connectivity index (χ4n) is 3.99. The Kier molecular flexibility index (Phi) is 5.78. The number of urea groups is 1. The molecule has 13 heteroatoms. The van der Waals surface area contributed by atoms with E-state index in [2.05, 4.69) is 10.4 Å². The number of hydrogen-bond acceptors (Lipinski definition) is 5. The van der Waals surface area contributed by atoms with E-state index in [0.29, 0.717) is 29.8 Å². The van der Waals surface area contributed by atoms with Gasteiger partial charge in [0.2, 0.25) is 0 Å². The second-order valence-electron chi connectivity index (χ2n) is 7.97. The normalized spacial score (nSPS) is 20.9. The number of amides is 3. The van der Waals surface area contributed by atoms with Gasteiger partial charge in [-0.05, 0) is 25.1 Å². The maximum Gasteiger partial charge on any atom is 0.419 e. The van der Waals surface area contributed by atoms with Crippen LogP contribution >= 0.6 is 0 Å². The molecule has 1 aromatic heterocycles. The summed E-state index contributed by atoms with van der Waals surface area (Å²) in [6, 6.07) is 1.13. The minimum absolute atomic E-state index is 0.0195. The lowest BCUT2D eigenvalue weighted by Gasteiger charge is -2.33. The van der Waals surface area contributed by atoms with E-state index in [9.17, 15) is 32.3 Å². The van der Waals surface area contributed by atoms with Gasteiger partial charge >= 0.3 is 12.2 Å². The van der Waals surface area contributed by atoms with Gasteiger partial charge in [-0.2, -0.15) is 18.3 Å². The molecule has 0 saturated carbocycles. The van der Waals surface area contributed by atoms with Crippen LogP contribution in [-0.4, -0.2) is 62.6 Å². The molecule has 0 bridgehead atoms. The molecule has 2 aliphatic rings. The van der Waals surface area contributed by atoms with Crippen molar-refractivity contribution in [3.8, 4) is 0 Å². The van der Waals surface area contributed by atoms with Crippen molar-refractivity contribution in [1.82, 2.24) is 19.7 Å². The fraction of sp³-hybridized carbons (Fsp3) is 0.450. The highest BCUT2D eigenvalue weighted by atomic mass is 19.4. The Morgan fingerprint density at radius 1 is 1.36 bits per heavy atom. The van der Waals surface area contributed by atoms with E-state index in [1.165, 1.54) is 16.6 Å². The third kappa shape index (κ3) is 4.25. The van der Waals surface area contributed by atoms with Gasteiger partial charge in [0.05, 0.1) is 31.0 Å². The van der Waals surface area contributed by atoms with Crippen molar-refractivity contribution in [2.45, 2.75) is 44.8 Å². The summed E-state index contributed by atoms with van der Waals surface area (Å²) in [4.78, 5) is 32.5. The summed E-state index contributed by atoms with van der Waals surface area (Å²) in [5.74, 6) is -1.94. The molecule has 3 heterocycles. The predicted molar refractivity (Wildman–Crippen MR) is 105 cm³/mol. The van der Waals surface area contributed by atoms with Gasteiger partial charge in [0.1, 0.15) is 17.6 Å². The van der Waals surface area contributed by atoms with Crippen molar-refractivity contribution in [2.24, 2.45) is 0 Å². The molecule has 1 aromatic carbocycles. The second-order valence-corrected chi connectivity index (χ2v) is 7.97. The van der Waals surface area contributed by atoms with E-state index in [-0.39, 0.29) is 37.1 Å². The number of carbonyl (C=O) groups is 2. The van der Waals surface area contributed by atoms with E-state index in [1.807, 2.05) is 0 Å². The lowest BCUT2D eigenvalue weighted by molar-refractivity contribution is -0.159. The van der Waals surface area contributed by atoms with E-state index < -0.39 is 35.6 Å². The molecule has 178 valence electrons. The van der Waals surface area contributed by atoms with Gasteiger partial charge < -0.3 is 15.3 Å². The Labute approximate surface area is 185 Å². The number of nitrogens with zero attached hydrogens (tertiary/aromatic N) is 4. The van der Waals surface area contributed by atoms with Crippen molar-refractivity contribution < 1.29 is 37.1 Å². The number of carbonyl (C=O) groups excluding carboxylic acids is 2. The minimum atomic E-state index is -4.91. The van der Waals surface area contributed by atoms with Gasteiger partial charge in [-0.3, -0.25) is 14.3 Å². The van der Waals surface area contributed by atoms with Crippen LogP contribution in [0.4, 0.5) is 28.0 Å². The quantitative estimate of drug-likeness (QED) is 0.656. The molecule has 33 heavy (non-hydrogen) atoms. The van der Waals surface area contributed by atoms with Gasteiger partial charge in [-0.1, -0.05) is 0 Å². The highest BCUT2D eigenvalue weighted by Gasteiger charge is 2.38. The zero-order valence-electron chi connectivity index (χ0n) is 17.7. The molecule has 2 N–H and O–H groups in total. The number of alkyl halides is 3. The van der Waals surface area contributed by atoms with Crippen LogP contribution in [0.5, 0.6) is 0 Å². The summed E-state index contributed by atoms with van der Waals surface area (Å²) in [6.07, 6.45) is -5.28. The number of nitrogens with one attached hydrogen (secondary N) is 1. The first-order valence-corrected chi connectivity index (χ1v) is 10.1. The van der Waals surface area contributed by atoms with Crippen molar-refractivity contribution >= 4 is 17.6 Å². The number of fused-ring (bicyclic) bond motifs is 3. The number of aliphatic hydroxyl groups excluding tert-OH is 1. The number of hydroxylamine groups is 2. The molecule has 0 unspecified atom stereocenters. The minimum Gasteiger partial charge on any atom is -0.393 e. The van der Waals surface area contributed by atoms with Gasteiger partial charge in [-0.15, -0.1) is 0 Å². The second kappa shape index (κ2) is 8.30. The van der Waals surface area contributed by atoms with Gasteiger partial charge in [0.15, 0.2) is 0 Å². The summed E-state index contributed by atoms with van der Waals surface area (Å²) in [5, 5.41) is 17.3. The standard InChI is InChI=1S/C20H21F4N5O4/c1-10-5-16-13(17-18(31)27(2)33-12(9-30)7-29(17)26-16)8-28(10)19(32)25-11-3-4-15(21)14(6-11)20(22,23)24/h3-4,6,10,12,30H,5,7-9H2,1-2H3,(H,25,32)/t10-,12+/m1/s1. The van der Waals surface area contributed by atoms with E-state index >= 15 is 0 Å². The molecule has 3 amide bonds. The lowest BCUT2D eigenvalue weighted by Crippen LogP contribution is -2.45. The molecular formula is C20H21F4N5O4. The van der Waals surface area contributed by atoms with Crippen LogP contribution < -0.4 is 5.32 Å². The van der Waals surface area contributed by atoms with Crippen molar-refractivity contribution in [3.63, 3.8) is 0 Å². The molecule has 2 atom stereocenters. The van der Waals surface area contributed by atoms with Crippen LogP contribution in [-0.2, 0) is 30.5 Å². The molecule has 2 aliphatic heterocycles. The molecule has 0 radical (unpaired) electrons. The average molecular weight is 471 g/mol. The van der Waals surface area contributed by atoms with E-state index in [4.69, 9.17) is 4.84 Å². The third-order valence-corrected chi connectivity index (χ3v) is 5.64. The van der Waals surface area contributed by atoms with Crippen molar-refractivity contribution in [1.29, 1.82) is 0 Å². The smallest absolute Gasteiger partial charge is 0.393 e. The summed E-state index contributed by atoms with van der Waals surface area (Å²) in [6.45, 7) is 1.52. The molecule has 0 saturated heterocycles. The summed E-state index contributed by atoms with van der Waals surface area (Å²) < 4.78 is 54.0. The average Bonchev–Trinajstić information content (AvgIpc) is 3.02.